The first-order valence-electron chi connectivity index (χ1n) is 7.76. The Hall–Kier alpha value is -1.52. The van der Waals surface area contributed by atoms with Crippen molar-refractivity contribution in [3.8, 4) is 0 Å². The van der Waals surface area contributed by atoms with E-state index in [-0.39, 0.29) is 5.91 Å². The summed E-state index contributed by atoms with van der Waals surface area (Å²) in [6.45, 7) is 4.39. The van der Waals surface area contributed by atoms with Crippen molar-refractivity contribution in [3.05, 3.63) is 11.9 Å². The van der Waals surface area contributed by atoms with E-state index in [1.54, 1.807) is 10.9 Å². The molecule has 1 spiro atoms. The lowest BCUT2D eigenvalue weighted by Gasteiger charge is -2.39. The number of carbonyl (C=O) groups excluding carboxylic acids is 1. The van der Waals surface area contributed by atoms with Crippen LogP contribution in [0.25, 0.3) is 0 Å². The standard InChI is InChI=1S/C15H24N4O/c1-2-19-13(12(16)11-17-19)14(20)18-9-7-15(8-10-18)5-3-4-6-15/h11H,2-10,16H2,1H3. The summed E-state index contributed by atoms with van der Waals surface area (Å²) in [4.78, 5) is 14.6. The number of aromatic nitrogens is 2. The molecule has 1 aliphatic heterocycles. The maximum absolute atomic E-state index is 12.6. The fourth-order valence-electron chi connectivity index (χ4n) is 3.83. The molecule has 2 aliphatic rings. The van der Waals surface area contributed by atoms with E-state index in [0.717, 1.165) is 25.9 Å². The van der Waals surface area contributed by atoms with E-state index < -0.39 is 0 Å². The number of piperidine rings is 1. The van der Waals surface area contributed by atoms with Crippen LogP contribution < -0.4 is 5.73 Å². The average molecular weight is 276 g/mol. The van der Waals surface area contributed by atoms with Crippen LogP contribution in [0.4, 0.5) is 5.69 Å². The summed E-state index contributed by atoms with van der Waals surface area (Å²) in [5.74, 6) is 0.0506. The molecule has 0 aromatic carbocycles. The van der Waals surface area contributed by atoms with Crippen molar-refractivity contribution in [2.24, 2.45) is 5.41 Å². The number of nitrogens with two attached hydrogens (primary N) is 1. The Kier molecular flexibility index (Phi) is 3.44. The monoisotopic (exact) mass is 276 g/mol. The highest BCUT2D eigenvalue weighted by molar-refractivity contribution is 5.97. The SMILES string of the molecule is CCn1ncc(N)c1C(=O)N1CCC2(CCCC2)CC1. The van der Waals surface area contributed by atoms with Crippen LogP contribution in [0.3, 0.4) is 0 Å². The molecule has 1 aliphatic carbocycles. The van der Waals surface area contributed by atoms with Gasteiger partial charge in [-0.15, -0.1) is 0 Å². The molecule has 0 bridgehead atoms. The van der Waals surface area contributed by atoms with E-state index in [0.29, 0.717) is 23.3 Å². The molecule has 5 heteroatoms. The zero-order chi connectivity index (χ0) is 14.2. The topological polar surface area (TPSA) is 64.2 Å². The second-order valence-electron chi connectivity index (χ2n) is 6.26. The number of rotatable bonds is 2. The molecule has 1 aromatic heterocycles. The lowest BCUT2D eigenvalue weighted by atomic mass is 9.77. The fourth-order valence-corrected chi connectivity index (χ4v) is 3.83. The van der Waals surface area contributed by atoms with E-state index in [1.807, 2.05) is 11.8 Å². The van der Waals surface area contributed by atoms with Gasteiger partial charge in [0.25, 0.3) is 5.91 Å². The average Bonchev–Trinajstić information content (AvgIpc) is 3.06. The molecule has 2 heterocycles. The van der Waals surface area contributed by atoms with Gasteiger partial charge in [0, 0.05) is 19.6 Å². The van der Waals surface area contributed by atoms with E-state index in [4.69, 9.17) is 5.73 Å². The second-order valence-corrected chi connectivity index (χ2v) is 6.26. The van der Waals surface area contributed by atoms with E-state index in [1.165, 1.54) is 25.7 Å². The third-order valence-corrected chi connectivity index (χ3v) is 5.15. The minimum Gasteiger partial charge on any atom is -0.396 e. The van der Waals surface area contributed by atoms with Crippen molar-refractivity contribution < 1.29 is 4.79 Å². The summed E-state index contributed by atoms with van der Waals surface area (Å²) in [6, 6.07) is 0. The molecule has 1 amide bonds. The number of nitrogens with zero attached hydrogens (tertiary/aromatic N) is 3. The van der Waals surface area contributed by atoms with Crippen LogP contribution in [0.2, 0.25) is 0 Å². The van der Waals surface area contributed by atoms with Crippen LogP contribution in [0.5, 0.6) is 0 Å². The van der Waals surface area contributed by atoms with Crippen LogP contribution in [0.1, 0.15) is 55.9 Å². The number of amides is 1. The Morgan fingerprint density at radius 2 is 1.95 bits per heavy atom. The zero-order valence-electron chi connectivity index (χ0n) is 12.3. The van der Waals surface area contributed by atoms with Crippen molar-refractivity contribution in [2.45, 2.75) is 52.0 Å². The minimum absolute atomic E-state index is 0.0506. The smallest absolute Gasteiger partial charge is 0.274 e. The minimum atomic E-state index is 0.0506. The van der Waals surface area contributed by atoms with Crippen LogP contribution >= 0.6 is 0 Å². The molecule has 20 heavy (non-hydrogen) atoms. The molecular weight excluding hydrogens is 252 g/mol. The summed E-state index contributed by atoms with van der Waals surface area (Å²) in [5, 5.41) is 4.17. The quantitative estimate of drug-likeness (QED) is 0.901. The van der Waals surface area contributed by atoms with Crippen molar-refractivity contribution in [1.82, 2.24) is 14.7 Å². The molecule has 0 radical (unpaired) electrons. The number of hydrogen-bond donors (Lipinski definition) is 1. The Morgan fingerprint density at radius 3 is 2.55 bits per heavy atom. The molecule has 5 nitrogen and oxygen atoms in total. The van der Waals surface area contributed by atoms with Crippen LogP contribution in [0.15, 0.2) is 6.20 Å². The van der Waals surface area contributed by atoms with Gasteiger partial charge in [0.2, 0.25) is 0 Å². The fraction of sp³-hybridized carbons (Fsp3) is 0.733. The van der Waals surface area contributed by atoms with Gasteiger partial charge in [0.15, 0.2) is 0 Å². The van der Waals surface area contributed by atoms with Gasteiger partial charge in [-0.2, -0.15) is 5.10 Å². The molecule has 2 fully saturated rings. The van der Waals surface area contributed by atoms with Crippen LogP contribution in [-0.2, 0) is 6.54 Å². The number of aryl methyl sites for hydroxylation is 1. The normalized spacial score (nSPS) is 21.6. The summed E-state index contributed by atoms with van der Waals surface area (Å²) in [5.41, 5.74) is 7.51. The highest BCUT2D eigenvalue weighted by atomic mass is 16.2. The lowest BCUT2D eigenvalue weighted by Crippen LogP contribution is -2.43. The maximum atomic E-state index is 12.6. The van der Waals surface area contributed by atoms with Gasteiger partial charge in [-0.25, -0.2) is 0 Å². The van der Waals surface area contributed by atoms with Crippen molar-refractivity contribution in [1.29, 1.82) is 0 Å². The Bertz CT molecular complexity index is 492. The predicted octanol–water partition coefficient (Wildman–Crippen LogP) is 2.28. The van der Waals surface area contributed by atoms with Crippen molar-refractivity contribution >= 4 is 11.6 Å². The van der Waals surface area contributed by atoms with E-state index in [9.17, 15) is 4.79 Å². The molecule has 110 valence electrons. The second kappa shape index (κ2) is 5.11. The maximum Gasteiger partial charge on any atom is 0.274 e. The first-order chi connectivity index (χ1) is 9.65. The number of hydrogen-bond acceptors (Lipinski definition) is 3. The first-order valence-corrected chi connectivity index (χ1v) is 7.76. The van der Waals surface area contributed by atoms with Crippen molar-refractivity contribution in [3.63, 3.8) is 0 Å². The van der Waals surface area contributed by atoms with Gasteiger partial charge in [-0.05, 0) is 38.0 Å². The van der Waals surface area contributed by atoms with E-state index in [2.05, 4.69) is 5.10 Å². The lowest BCUT2D eigenvalue weighted by molar-refractivity contribution is 0.0577. The number of nitrogen functional groups attached to an aromatic ring is 1. The first kappa shape index (κ1) is 13.5. The summed E-state index contributed by atoms with van der Waals surface area (Å²) in [7, 11) is 0. The Labute approximate surface area is 120 Å². The molecule has 3 rings (SSSR count). The third-order valence-electron chi connectivity index (χ3n) is 5.15. The van der Waals surface area contributed by atoms with Gasteiger partial charge >= 0.3 is 0 Å². The highest BCUT2D eigenvalue weighted by Gasteiger charge is 2.38. The number of carbonyl (C=O) groups is 1. The summed E-state index contributed by atoms with van der Waals surface area (Å²) in [6.07, 6.45) is 9.32. The molecule has 2 N–H and O–H groups in total. The molecular formula is C15H24N4O. The number of anilines is 1. The molecule has 1 aromatic rings. The van der Waals surface area contributed by atoms with E-state index >= 15 is 0 Å². The summed E-state index contributed by atoms with van der Waals surface area (Å²) >= 11 is 0. The summed E-state index contributed by atoms with van der Waals surface area (Å²) < 4.78 is 1.71. The van der Waals surface area contributed by atoms with Gasteiger partial charge in [-0.3, -0.25) is 9.48 Å². The third kappa shape index (κ3) is 2.19. The van der Waals surface area contributed by atoms with Crippen molar-refractivity contribution in [2.75, 3.05) is 18.8 Å². The van der Waals surface area contributed by atoms with Crippen LogP contribution in [0, 0.1) is 5.41 Å². The van der Waals surface area contributed by atoms with Gasteiger partial charge in [0.05, 0.1) is 11.9 Å². The number of likely N-dealkylation sites (tertiary alicyclic amines) is 1. The molecule has 0 unspecified atom stereocenters. The Balaban J connectivity index is 1.71. The largest absolute Gasteiger partial charge is 0.396 e. The molecule has 0 atom stereocenters. The van der Waals surface area contributed by atoms with Gasteiger partial charge < -0.3 is 10.6 Å². The van der Waals surface area contributed by atoms with Gasteiger partial charge in [0.1, 0.15) is 5.69 Å². The van der Waals surface area contributed by atoms with Gasteiger partial charge in [-0.1, -0.05) is 12.8 Å². The predicted molar refractivity (Wildman–Crippen MR) is 78.4 cm³/mol. The van der Waals surface area contributed by atoms with Crippen LogP contribution in [-0.4, -0.2) is 33.7 Å². The highest BCUT2D eigenvalue weighted by Crippen LogP contribution is 2.46. The zero-order valence-corrected chi connectivity index (χ0v) is 12.3. The molecule has 1 saturated carbocycles. The molecule has 1 saturated heterocycles. The Morgan fingerprint density at radius 1 is 1.30 bits per heavy atom.